The van der Waals surface area contributed by atoms with Crippen molar-refractivity contribution < 1.29 is 14.3 Å². The van der Waals surface area contributed by atoms with Gasteiger partial charge in [0.15, 0.2) is 11.6 Å². The maximum absolute atomic E-state index is 11.1. The van der Waals surface area contributed by atoms with Crippen molar-refractivity contribution >= 4 is 17.4 Å². The van der Waals surface area contributed by atoms with Gasteiger partial charge in [-0.05, 0) is 0 Å². The molecule has 0 aromatic heterocycles. The van der Waals surface area contributed by atoms with Crippen LogP contribution >= 0.6 is 11.6 Å². The quantitative estimate of drug-likeness (QED) is 0.496. The molecule has 12 heavy (non-hydrogen) atoms. The smallest absolute Gasteiger partial charge is 0.168 e. The van der Waals surface area contributed by atoms with Crippen molar-refractivity contribution in [3.8, 4) is 0 Å². The van der Waals surface area contributed by atoms with E-state index in [-0.39, 0.29) is 17.6 Å². The molecular formula is C8H13ClO3. The minimum absolute atomic E-state index is 0.0300. The van der Waals surface area contributed by atoms with Crippen molar-refractivity contribution in [1.82, 2.24) is 0 Å². The zero-order valence-corrected chi connectivity index (χ0v) is 8.06. The van der Waals surface area contributed by atoms with Gasteiger partial charge in [-0.3, -0.25) is 4.79 Å². The van der Waals surface area contributed by atoms with Gasteiger partial charge in [0, 0.05) is 33.0 Å². The van der Waals surface area contributed by atoms with Crippen molar-refractivity contribution in [2.75, 3.05) is 20.1 Å². The Morgan fingerprint density at radius 1 is 1.50 bits per heavy atom. The lowest BCUT2D eigenvalue weighted by Gasteiger charge is -2.44. The second-order valence-corrected chi connectivity index (χ2v) is 3.29. The Bertz CT molecular complexity index is 169. The molecule has 1 aliphatic rings. The van der Waals surface area contributed by atoms with E-state index in [2.05, 4.69) is 0 Å². The molecule has 0 N–H and O–H groups in total. The summed E-state index contributed by atoms with van der Waals surface area (Å²) < 4.78 is 10.3. The Labute approximate surface area is 77.0 Å². The number of hydrogen-bond acceptors (Lipinski definition) is 3. The number of carbonyl (C=O) groups is 1. The molecule has 0 heterocycles. The predicted octanol–water partition coefficient (Wildman–Crippen LogP) is 1.19. The molecule has 1 rings (SSSR count). The number of methoxy groups -OCH3 is 2. The monoisotopic (exact) mass is 192 g/mol. The third-order valence-electron chi connectivity index (χ3n) is 2.45. The van der Waals surface area contributed by atoms with Gasteiger partial charge in [-0.1, -0.05) is 0 Å². The fourth-order valence-corrected chi connectivity index (χ4v) is 1.66. The largest absolute Gasteiger partial charge is 0.353 e. The van der Waals surface area contributed by atoms with Gasteiger partial charge in [-0.25, -0.2) is 0 Å². The molecule has 0 saturated heterocycles. The number of alkyl halides is 1. The van der Waals surface area contributed by atoms with Gasteiger partial charge in [-0.2, -0.15) is 0 Å². The lowest BCUT2D eigenvalue weighted by Crippen LogP contribution is -2.50. The molecule has 0 unspecified atom stereocenters. The van der Waals surface area contributed by atoms with E-state index < -0.39 is 5.79 Å². The van der Waals surface area contributed by atoms with Gasteiger partial charge in [0.1, 0.15) is 0 Å². The molecule has 0 amide bonds. The number of Topliss-reactive ketones (excluding diaryl/α,β-unsaturated/α-hetero) is 1. The van der Waals surface area contributed by atoms with E-state index in [1.807, 2.05) is 0 Å². The van der Waals surface area contributed by atoms with Crippen LogP contribution in [0.4, 0.5) is 0 Å². The van der Waals surface area contributed by atoms with Crippen molar-refractivity contribution in [3.05, 3.63) is 0 Å². The molecule has 70 valence electrons. The van der Waals surface area contributed by atoms with Crippen LogP contribution in [-0.4, -0.2) is 31.7 Å². The lowest BCUT2D eigenvalue weighted by atomic mass is 9.76. The van der Waals surface area contributed by atoms with Gasteiger partial charge in [0.2, 0.25) is 0 Å². The van der Waals surface area contributed by atoms with Gasteiger partial charge < -0.3 is 9.47 Å². The molecule has 1 fully saturated rings. The highest BCUT2D eigenvalue weighted by molar-refractivity contribution is 6.28. The van der Waals surface area contributed by atoms with Gasteiger partial charge >= 0.3 is 0 Å². The zero-order valence-electron chi connectivity index (χ0n) is 7.30. The molecular weight excluding hydrogens is 180 g/mol. The van der Waals surface area contributed by atoms with Crippen LogP contribution in [0.15, 0.2) is 0 Å². The van der Waals surface area contributed by atoms with Crippen molar-refractivity contribution in [2.45, 2.75) is 18.6 Å². The zero-order chi connectivity index (χ0) is 9.19. The normalized spacial score (nSPS) is 21.9. The minimum Gasteiger partial charge on any atom is -0.353 e. The van der Waals surface area contributed by atoms with Crippen LogP contribution in [0.3, 0.4) is 0 Å². The van der Waals surface area contributed by atoms with Crippen LogP contribution in [0, 0.1) is 5.92 Å². The maximum atomic E-state index is 11.1. The summed E-state index contributed by atoms with van der Waals surface area (Å²) in [6.45, 7) is 0. The first kappa shape index (κ1) is 9.96. The van der Waals surface area contributed by atoms with E-state index in [0.717, 1.165) is 0 Å². The Hall–Kier alpha value is -0.120. The lowest BCUT2D eigenvalue weighted by molar-refractivity contribution is -0.266. The fraction of sp³-hybridized carbons (Fsp3) is 0.875. The van der Waals surface area contributed by atoms with Crippen LogP contribution in [0.25, 0.3) is 0 Å². The summed E-state index contributed by atoms with van der Waals surface area (Å²) in [7, 11) is 3.18. The maximum Gasteiger partial charge on any atom is 0.168 e. The SMILES string of the molecule is COC1(OC)CC(C(=O)CCl)C1. The van der Waals surface area contributed by atoms with Crippen LogP contribution in [-0.2, 0) is 14.3 Å². The highest BCUT2D eigenvalue weighted by Crippen LogP contribution is 2.41. The van der Waals surface area contributed by atoms with Crippen molar-refractivity contribution in [3.63, 3.8) is 0 Å². The number of rotatable bonds is 4. The molecule has 0 aromatic rings. The van der Waals surface area contributed by atoms with Crippen LogP contribution in [0.5, 0.6) is 0 Å². The van der Waals surface area contributed by atoms with Gasteiger partial charge in [0.05, 0.1) is 5.88 Å². The molecule has 3 nitrogen and oxygen atoms in total. The Morgan fingerprint density at radius 3 is 2.33 bits per heavy atom. The molecule has 0 bridgehead atoms. The molecule has 1 aliphatic carbocycles. The van der Waals surface area contributed by atoms with Crippen LogP contribution < -0.4 is 0 Å². The summed E-state index contributed by atoms with van der Waals surface area (Å²) in [5.41, 5.74) is 0. The Balaban J connectivity index is 2.40. The second kappa shape index (κ2) is 3.73. The first-order valence-electron chi connectivity index (χ1n) is 3.86. The van der Waals surface area contributed by atoms with Crippen molar-refractivity contribution in [1.29, 1.82) is 0 Å². The molecule has 0 aliphatic heterocycles. The number of hydrogen-bond donors (Lipinski definition) is 0. The van der Waals surface area contributed by atoms with E-state index in [9.17, 15) is 4.79 Å². The standard InChI is InChI=1S/C8H13ClO3/c1-11-8(12-2)3-6(4-8)7(10)5-9/h6H,3-5H2,1-2H3. The van der Waals surface area contributed by atoms with Crippen molar-refractivity contribution in [2.24, 2.45) is 5.92 Å². The van der Waals surface area contributed by atoms with Crippen LogP contribution in [0.2, 0.25) is 0 Å². The summed E-state index contributed by atoms with van der Waals surface area (Å²) in [4.78, 5) is 11.1. The first-order valence-corrected chi connectivity index (χ1v) is 4.40. The average molecular weight is 193 g/mol. The second-order valence-electron chi connectivity index (χ2n) is 3.02. The first-order chi connectivity index (χ1) is 5.67. The highest BCUT2D eigenvalue weighted by atomic mass is 35.5. The van der Waals surface area contributed by atoms with Gasteiger partial charge in [-0.15, -0.1) is 11.6 Å². The third-order valence-corrected chi connectivity index (χ3v) is 2.71. The molecule has 0 aromatic carbocycles. The molecule has 1 saturated carbocycles. The number of ether oxygens (including phenoxy) is 2. The molecule has 0 radical (unpaired) electrons. The predicted molar refractivity (Wildman–Crippen MR) is 45.2 cm³/mol. The Kier molecular flexibility index (Phi) is 3.09. The van der Waals surface area contributed by atoms with E-state index in [1.165, 1.54) is 0 Å². The Morgan fingerprint density at radius 2 is 2.00 bits per heavy atom. The van der Waals surface area contributed by atoms with E-state index >= 15 is 0 Å². The minimum atomic E-state index is -0.521. The average Bonchev–Trinajstić information content (AvgIpc) is 2.04. The van der Waals surface area contributed by atoms with Gasteiger partial charge in [0.25, 0.3) is 0 Å². The summed E-state index contributed by atoms with van der Waals surface area (Å²) >= 11 is 5.41. The summed E-state index contributed by atoms with van der Waals surface area (Å²) in [5, 5.41) is 0. The number of ketones is 1. The van der Waals surface area contributed by atoms with E-state index in [1.54, 1.807) is 14.2 Å². The summed E-state index contributed by atoms with van der Waals surface area (Å²) in [6.07, 6.45) is 1.26. The van der Waals surface area contributed by atoms with E-state index in [4.69, 9.17) is 21.1 Å². The number of halogens is 1. The summed E-state index contributed by atoms with van der Waals surface area (Å²) in [5.74, 6) is -0.315. The molecule has 0 spiro atoms. The highest BCUT2D eigenvalue weighted by Gasteiger charge is 2.47. The summed E-state index contributed by atoms with van der Waals surface area (Å²) in [6, 6.07) is 0. The third kappa shape index (κ3) is 1.63. The fourth-order valence-electron chi connectivity index (χ4n) is 1.44. The topological polar surface area (TPSA) is 35.5 Å². The molecule has 4 heteroatoms. The van der Waals surface area contributed by atoms with E-state index in [0.29, 0.717) is 12.8 Å². The number of carbonyl (C=O) groups excluding carboxylic acids is 1. The van der Waals surface area contributed by atoms with Crippen LogP contribution in [0.1, 0.15) is 12.8 Å². The molecule has 0 atom stereocenters.